The number of halogens is 2. The fourth-order valence-corrected chi connectivity index (χ4v) is 2.80. The van der Waals surface area contributed by atoms with Gasteiger partial charge >= 0.3 is 0 Å². The molecule has 1 aromatic rings. The zero-order valence-corrected chi connectivity index (χ0v) is 12.7. The Morgan fingerprint density at radius 3 is 2.16 bits per heavy atom. The molecule has 1 aliphatic rings. The molecule has 104 valence electrons. The standard InChI is InChI=1S/C13H17Cl2N3O/c1-8-6-18(7-9(2)17(8)3)13(19)10-4-11(14)16-12(15)5-10/h4-5,8-9H,6-7H2,1-3H3. The Morgan fingerprint density at radius 2 is 1.68 bits per heavy atom. The number of pyridine rings is 1. The molecule has 2 heterocycles. The van der Waals surface area contributed by atoms with Crippen molar-refractivity contribution in [3.05, 3.63) is 28.0 Å². The molecular formula is C13H17Cl2N3O. The van der Waals surface area contributed by atoms with Crippen LogP contribution in [0.5, 0.6) is 0 Å². The molecule has 1 aromatic heterocycles. The molecule has 0 aromatic carbocycles. The number of carbonyl (C=O) groups excluding carboxylic acids is 1. The van der Waals surface area contributed by atoms with Gasteiger partial charge in [-0.2, -0.15) is 0 Å². The summed E-state index contributed by atoms with van der Waals surface area (Å²) in [5.41, 5.74) is 0.494. The summed E-state index contributed by atoms with van der Waals surface area (Å²) in [6.45, 7) is 5.64. The summed E-state index contributed by atoms with van der Waals surface area (Å²) in [7, 11) is 2.08. The number of likely N-dealkylation sites (N-methyl/N-ethyl adjacent to an activating group) is 1. The van der Waals surface area contributed by atoms with Crippen LogP contribution in [0.4, 0.5) is 0 Å². The molecule has 4 nitrogen and oxygen atoms in total. The molecule has 0 N–H and O–H groups in total. The van der Waals surface area contributed by atoms with E-state index in [1.807, 2.05) is 4.90 Å². The van der Waals surface area contributed by atoms with Gasteiger partial charge in [0.25, 0.3) is 5.91 Å². The molecule has 2 unspecified atom stereocenters. The minimum Gasteiger partial charge on any atom is -0.336 e. The Labute approximate surface area is 123 Å². The van der Waals surface area contributed by atoms with Crippen molar-refractivity contribution < 1.29 is 4.79 Å². The SMILES string of the molecule is CC1CN(C(=O)c2cc(Cl)nc(Cl)c2)CC(C)N1C. The van der Waals surface area contributed by atoms with Gasteiger partial charge in [0.2, 0.25) is 0 Å². The van der Waals surface area contributed by atoms with E-state index < -0.39 is 0 Å². The number of amides is 1. The number of carbonyl (C=O) groups is 1. The van der Waals surface area contributed by atoms with E-state index in [1.165, 1.54) is 0 Å². The molecule has 0 aliphatic carbocycles. The van der Waals surface area contributed by atoms with Crippen LogP contribution in [0.1, 0.15) is 24.2 Å². The lowest BCUT2D eigenvalue weighted by Crippen LogP contribution is -2.56. The molecule has 6 heteroatoms. The summed E-state index contributed by atoms with van der Waals surface area (Å²) in [5, 5.41) is 0.483. The Kier molecular flexibility index (Phi) is 4.33. The lowest BCUT2D eigenvalue weighted by molar-refractivity contribution is 0.0414. The molecule has 2 rings (SSSR count). The van der Waals surface area contributed by atoms with Crippen LogP contribution in [0.15, 0.2) is 12.1 Å². The van der Waals surface area contributed by atoms with E-state index in [0.29, 0.717) is 30.7 Å². The van der Waals surface area contributed by atoms with E-state index in [-0.39, 0.29) is 16.2 Å². The van der Waals surface area contributed by atoms with Crippen molar-refractivity contribution in [2.24, 2.45) is 0 Å². The molecule has 1 fully saturated rings. The van der Waals surface area contributed by atoms with Crippen LogP contribution in [0.2, 0.25) is 10.3 Å². The van der Waals surface area contributed by atoms with Gasteiger partial charge in [0, 0.05) is 30.7 Å². The summed E-state index contributed by atoms with van der Waals surface area (Å²) < 4.78 is 0. The molecule has 0 bridgehead atoms. The maximum atomic E-state index is 12.5. The summed E-state index contributed by atoms with van der Waals surface area (Å²) >= 11 is 11.7. The van der Waals surface area contributed by atoms with E-state index in [4.69, 9.17) is 23.2 Å². The molecule has 0 saturated carbocycles. The zero-order valence-electron chi connectivity index (χ0n) is 11.2. The predicted octanol–water partition coefficient (Wildman–Crippen LogP) is 2.55. The summed E-state index contributed by atoms with van der Waals surface area (Å²) in [4.78, 5) is 20.4. The quantitative estimate of drug-likeness (QED) is 0.748. The third kappa shape index (κ3) is 3.19. The first kappa shape index (κ1) is 14.6. The van der Waals surface area contributed by atoms with Gasteiger partial charge in [-0.15, -0.1) is 0 Å². The molecule has 2 atom stereocenters. The van der Waals surface area contributed by atoms with E-state index in [0.717, 1.165) is 0 Å². The maximum Gasteiger partial charge on any atom is 0.254 e. The largest absolute Gasteiger partial charge is 0.336 e. The fraction of sp³-hybridized carbons (Fsp3) is 0.538. The third-order valence-corrected chi connectivity index (χ3v) is 4.04. The van der Waals surface area contributed by atoms with Crippen LogP contribution in [-0.4, -0.2) is 52.9 Å². The Morgan fingerprint density at radius 1 is 1.21 bits per heavy atom. The van der Waals surface area contributed by atoms with Crippen LogP contribution in [0, 0.1) is 0 Å². The van der Waals surface area contributed by atoms with Crippen LogP contribution in [0.25, 0.3) is 0 Å². The Bertz CT molecular complexity index is 463. The lowest BCUT2D eigenvalue weighted by Gasteiger charge is -2.42. The highest BCUT2D eigenvalue weighted by molar-refractivity contribution is 6.33. The van der Waals surface area contributed by atoms with Gasteiger partial charge in [-0.3, -0.25) is 9.69 Å². The van der Waals surface area contributed by atoms with Gasteiger partial charge in [-0.1, -0.05) is 23.2 Å². The predicted molar refractivity (Wildman–Crippen MR) is 76.8 cm³/mol. The third-order valence-electron chi connectivity index (χ3n) is 3.66. The fourth-order valence-electron chi connectivity index (χ4n) is 2.34. The normalized spacial score (nSPS) is 24.6. The van der Waals surface area contributed by atoms with Crippen LogP contribution in [-0.2, 0) is 0 Å². The molecule has 1 saturated heterocycles. The summed E-state index contributed by atoms with van der Waals surface area (Å²) in [6, 6.07) is 3.79. The summed E-state index contributed by atoms with van der Waals surface area (Å²) in [5.74, 6) is -0.0435. The van der Waals surface area contributed by atoms with E-state index >= 15 is 0 Å². The van der Waals surface area contributed by atoms with Gasteiger partial charge in [0.15, 0.2) is 0 Å². The topological polar surface area (TPSA) is 36.4 Å². The van der Waals surface area contributed by atoms with Crippen molar-refractivity contribution >= 4 is 29.1 Å². The highest BCUT2D eigenvalue weighted by Gasteiger charge is 2.30. The van der Waals surface area contributed by atoms with E-state index in [9.17, 15) is 4.79 Å². The van der Waals surface area contributed by atoms with Gasteiger partial charge in [-0.25, -0.2) is 4.98 Å². The number of nitrogens with zero attached hydrogens (tertiary/aromatic N) is 3. The summed E-state index contributed by atoms with van der Waals surface area (Å²) in [6.07, 6.45) is 0. The number of hydrogen-bond acceptors (Lipinski definition) is 3. The highest BCUT2D eigenvalue weighted by Crippen LogP contribution is 2.19. The molecule has 0 spiro atoms. The molecule has 1 amide bonds. The van der Waals surface area contributed by atoms with Crippen molar-refractivity contribution in [2.45, 2.75) is 25.9 Å². The highest BCUT2D eigenvalue weighted by atomic mass is 35.5. The molecule has 0 radical (unpaired) electrons. The van der Waals surface area contributed by atoms with Crippen LogP contribution >= 0.6 is 23.2 Å². The second-order valence-corrected chi connectivity index (χ2v) is 5.85. The average Bonchev–Trinajstić information content (AvgIpc) is 2.33. The number of hydrogen-bond donors (Lipinski definition) is 0. The number of piperazine rings is 1. The molecule has 1 aliphatic heterocycles. The minimum atomic E-state index is -0.0435. The van der Waals surface area contributed by atoms with Gasteiger partial charge in [0.1, 0.15) is 10.3 Å². The van der Waals surface area contributed by atoms with Crippen molar-refractivity contribution in [2.75, 3.05) is 20.1 Å². The number of rotatable bonds is 1. The maximum absolute atomic E-state index is 12.5. The first-order valence-corrected chi connectivity index (χ1v) is 6.98. The van der Waals surface area contributed by atoms with Crippen LogP contribution in [0.3, 0.4) is 0 Å². The van der Waals surface area contributed by atoms with Gasteiger partial charge in [0.05, 0.1) is 0 Å². The second-order valence-electron chi connectivity index (χ2n) is 5.07. The molecular weight excluding hydrogens is 285 g/mol. The van der Waals surface area contributed by atoms with E-state index in [1.54, 1.807) is 12.1 Å². The van der Waals surface area contributed by atoms with Gasteiger partial charge in [-0.05, 0) is 33.0 Å². The molecule has 19 heavy (non-hydrogen) atoms. The van der Waals surface area contributed by atoms with Crippen molar-refractivity contribution in [3.8, 4) is 0 Å². The first-order chi connectivity index (χ1) is 8.88. The average molecular weight is 302 g/mol. The van der Waals surface area contributed by atoms with Crippen LogP contribution < -0.4 is 0 Å². The lowest BCUT2D eigenvalue weighted by atomic mass is 10.1. The van der Waals surface area contributed by atoms with E-state index in [2.05, 4.69) is 30.8 Å². The minimum absolute atomic E-state index is 0.0435. The monoisotopic (exact) mass is 301 g/mol. The zero-order chi connectivity index (χ0) is 14.2. The van der Waals surface area contributed by atoms with Crippen molar-refractivity contribution in [3.63, 3.8) is 0 Å². The first-order valence-electron chi connectivity index (χ1n) is 6.22. The van der Waals surface area contributed by atoms with Gasteiger partial charge < -0.3 is 4.90 Å². The van der Waals surface area contributed by atoms with Crippen molar-refractivity contribution in [1.82, 2.24) is 14.8 Å². The van der Waals surface area contributed by atoms with Crippen molar-refractivity contribution in [1.29, 1.82) is 0 Å². The Balaban J connectivity index is 2.20. The smallest absolute Gasteiger partial charge is 0.254 e. The second kappa shape index (κ2) is 5.65. The Hall–Kier alpha value is -0.840. The number of aromatic nitrogens is 1.